The summed E-state index contributed by atoms with van der Waals surface area (Å²) in [5, 5.41) is 0. The number of esters is 1. The van der Waals surface area contributed by atoms with Crippen LogP contribution in [0.2, 0.25) is 0 Å². The van der Waals surface area contributed by atoms with Crippen LogP contribution in [0.15, 0.2) is 18.2 Å². The van der Waals surface area contributed by atoms with Crippen molar-refractivity contribution >= 4 is 5.97 Å². The quantitative estimate of drug-likeness (QED) is 0.672. The summed E-state index contributed by atoms with van der Waals surface area (Å²) >= 11 is 0. The standard InChI is InChI=1S/C11H12F2O2/c1-11(2,3)15-10(14)7-4-5-8(12)9(13)6-7/h4-6H,1-3H3. The molecule has 0 saturated heterocycles. The van der Waals surface area contributed by atoms with Crippen molar-refractivity contribution in [1.29, 1.82) is 0 Å². The third-order valence-corrected chi connectivity index (χ3v) is 1.55. The Labute approximate surface area is 86.9 Å². The first-order valence-corrected chi connectivity index (χ1v) is 4.48. The van der Waals surface area contributed by atoms with Crippen LogP contribution in [0.25, 0.3) is 0 Å². The van der Waals surface area contributed by atoms with Crippen LogP contribution in [0.5, 0.6) is 0 Å². The summed E-state index contributed by atoms with van der Waals surface area (Å²) in [5.41, 5.74) is -0.647. The van der Waals surface area contributed by atoms with E-state index >= 15 is 0 Å². The third-order valence-electron chi connectivity index (χ3n) is 1.55. The molecular formula is C11H12F2O2. The Bertz CT molecular complexity index is 381. The lowest BCUT2D eigenvalue weighted by Crippen LogP contribution is -2.24. The number of carbonyl (C=O) groups is 1. The largest absolute Gasteiger partial charge is 0.456 e. The molecule has 0 aliphatic carbocycles. The van der Waals surface area contributed by atoms with Gasteiger partial charge in [-0.2, -0.15) is 0 Å². The number of hydrogen-bond donors (Lipinski definition) is 0. The van der Waals surface area contributed by atoms with E-state index < -0.39 is 23.2 Å². The van der Waals surface area contributed by atoms with Crippen molar-refractivity contribution in [3.8, 4) is 0 Å². The number of halogens is 2. The molecule has 1 aromatic rings. The maximum Gasteiger partial charge on any atom is 0.338 e. The minimum Gasteiger partial charge on any atom is -0.456 e. The van der Waals surface area contributed by atoms with Crippen LogP contribution in [0.3, 0.4) is 0 Å². The van der Waals surface area contributed by atoms with Gasteiger partial charge in [-0.1, -0.05) is 0 Å². The molecule has 0 bridgehead atoms. The van der Waals surface area contributed by atoms with Gasteiger partial charge < -0.3 is 4.74 Å². The Morgan fingerprint density at radius 1 is 1.20 bits per heavy atom. The average Bonchev–Trinajstić information content (AvgIpc) is 2.06. The van der Waals surface area contributed by atoms with E-state index in [4.69, 9.17) is 4.74 Å². The summed E-state index contributed by atoms with van der Waals surface area (Å²) in [6, 6.07) is 2.91. The molecule has 0 fully saturated rings. The number of benzene rings is 1. The lowest BCUT2D eigenvalue weighted by molar-refractivity contribution is 0.00689. The molecule has 0 aliphatic heterocycles. The maximum absolute atomic E-state index is 12.8. The highest BCUT2D eigenvalue weighted by molar-refractivity contribution is 5.89. The molecule has 0 amide bonds. The van der Waals surface area contributed by atoms with Crippen LogP contribution in [-0.4, -0.2) is 11.6 Å². The summed E-state index contributed by atoms with van der Waals surface area (Å²) in [5.74, 6) is -2.71. The second-order valence-corrected chi connectivity index (χ2v) is 4.13. The normalized spacial score (nSPS) is 11.3. The first-order chi connectivity index (χ1) is 6.79. The SMILES string of the molecule is CC(C)(C)OC(=O)c1ccc(F)c(F)c1. The molecule has 15 heavy (non-hydrogen) atoms. The van der Waals surface area contributed by atoms with Gasteiger partial charge in [-0.25, -0.2) is 13.6 Å². The Morgan fingerprint density at radius 3 is 2.27 bits per heavy atom. The molecule has 1 aromatic carbocycles. The van der Waals surface area contributed by atoms with E-state index in [2.05, 4.69) is 0 Å². The Kier molecular flexibility index (Phi) is 3.07. The Morgan fingerprint density at radius 2 is 1.80 bits per heavy atom. The van der Waals surface area contributed by atoms with E-state index in [-0.39, 0.29) is 5.56 Å². The van der Waals surface area contributed by atoms with E-state index in [9.17, 15) is 13.6 Å². The third kappa shape index (κ3) is 3.31. The van der Waals surface area contributed by atoms with Gasteiger partial charge in [-0.15, -0.1) is 0 Å². The number of carbonyl (C=O) groups excluding carboxylic acids is 1. The van der Waals surface area contributed by atoms with Gasteiger partial charge in [-0.3, -0.25) is 0 Å². The molecule has 4 heteroatoms. The second kappa shape index (κ2) is 3.96. The molecule has 0 aromatic heterocycles. The van der Waals surface area contributed by atoms with Gasteiger partial charge in [0.25, 0.3) is 0 Å². The van der Waals surface area contributed by atoms with Crippen molar-refractivity contribution in [3.63, 3.8) is 0 Å². The fraction of sp³-hybridized carbons (Fsp3) is 0.364. The van der Waals surface area contributed by atoms with Crippen LogP contribution in [0.4, 0.5) is 8.78 Å². The summed E-state index contributed by atoms with van der Waals surface area (Å²) in [6.45, 7) is 5.10. The van der Waals surface area contributed by atoms with E-state index in [1.54, 1.807) is 20.8 Å². The molecule has 0 saturated carbocycles. The first kappa shape index (κ1) is 11.6. The van der Waals surface area contributed by atoms with E-state index in [1.807, 2.05) is 0 Å². The van der Waals surface area contributed by atoms with E-state index in [0.717, 1.165) is 12.1 Å². The smallest absolute Gasteiger partial charge is 0.338 e. The summed E-state index contributed by atoms with van der Waals surface area (Å²) in [4.78, 5) is 11.4. The van der Waals surface area contributed by atoms with Crippen molar-refractivity contribution in [3.05, 3.63) is 35.4 Å². The fourth-order valence-corrected chi connectivity index (χ4v) is 0.960. The predicted octanol–water partition coefficient (Wildman–Crippen LogP) is 2.92. The van der Waals surface area contributed by atoms with Crippen molar-refractivity contribution in [2.24, 2.45) is 0 Å². The molecule has 0 heterocycles. The second-order valence-electron chi connectivity index (χ2n) is 4.13. The summed E-state index contributed by atoms with van der Waals surface area (Å²) in [7, 11) is 0. The van der Waals surface area contributed by atoms with Crippen molar-refractivity contribution in [1.82, 2.24) is 0 Å². The van der Waals surface area contributed by atoms with Crippen molar-refractivity contribution in [2.45, 2.75) is 26.4 Å². The lowest BCUT2D eigenvalue weighted by Gasteiger charge is -2.19. The monoisotopic (exact) mass is 214 g/mol. The zero-order valence-electron chi connectivity index (χ0n) is 8.80. The van der Waals surface area contributed by atoms with Crippen molar-refractivity contribution in [2.75, 3.05) is 0 Å². The van der Waals surface area contributed by atoms with Crippen LogP contribution < -0.4 is 0 Å². The summed E-state index contributed by atoms with van der Waals surface area (Å²) in [6.07, 6.45) is 0. The van der Waals surface area contributed by atoms with Crippen LogP contribution in [0, 0.1) is 11.6 Å². The van der Waals surface area contributed by atoms with Gasteiger partial charge in [0.1, 0.15) is 5.60 Å². The summed E-state index contributed by atoms with van der Waals surface area (Å²) < 4.78 is 30.4. The molecule has 0 aliphatic rings. The van der Waals surface area contributed by atoms with Crippen molar-refractivity contribution < 1.29 is 18.3 Å². The van der Waals surface area contributed by atoms with Gasteiger partial charge in [-0.05, 0) is 39.0 Å². The molecule has 0 N–H and O–H groups in total. The molecular weight excluding hydrogens is 202 g/mol. The van der Waals surface area contributed by atoms with Gasteiger partial charge >= 0.3 is 5.97 Å². The lowest BCUT2D eigenvalue weighted by atomic mass is 10.1. The number of hydrogen-bond acceptors (Lipinski definition) is 2. The predicted molar refractivity (Wildman–Crippen MR) is 51.5 cm³/mol. The fourth-order valence-electron chi connectivity index (χ4n) is 0.960. The molecule has 1 rings (SSSR count). The minimum absolute atomic E-state index is 0.00354. The minimum atomic E-state index is -1.06. The van der Waals surface area contributed by atoms with Crippen LogP contribution in [-0.2, 0) is 4.74 Å². The number of ether oxygens (including phenoxy) is 1. The van der Waals surface area contributed by atoms with Gasteiger partial charge in [0, 0.05) is 0 Å². The zero-order valence-corrected chi connectivity index (χ0v) is 8.80. The maximum atomic E-state index is 12.8. The van der Waals surface area contributed by atoms with Gasteiger partial charge in [0.05, 0.1) is 5.56 Å². The van der Waals surface area contributed by atoms with Crippen LogP contribution in [0.1, 0.15) is 31.1 Å². The molecule has 0 spiro atoms. The average molecular weight is 214 g/mol. The first-order valence-electron chi connectivity index (χ1n) is 4.48. The highest BCUT2D eigenvalue weighted by Gasteiger charge is 2.18. The van der Waals surface area contributed by atoms with Crippen LogP contribution >= 0.6 is 0 Å². The van der Waals surface area contributed by atoms with Gasteiger partial charge in [0.15, 0.2) is 11.6 Å². The topological polar surface area (TPSA) is 26.3 Å². The Balaban J connectivity index is 2.88. The van der Waals surface area contributed by atoms with Gasteiger partial charge in [0.2, 0.25) is 0 Å². The highest BCUT2D eigenvalue weighted by atomic mass is 19.2. The van der Waals surface area contributed by atoms with E-state index in [0.29, 0.717) is 0 Å². The molecule has 0 atom stereocenters. The number of rotatable bonds is 1. The molecule has 82 valence electrons. The van der Waals surface area contributed by atoms with E-state index in [1.165, 1.54) is 6.07 Å². The molecule has 2 nitrogen and oxygen atoms in total. The highest BCUT2D eigenvalue weighted by Crippen LogP contribution is 2.14. The molecule has 0 radical (unpaired) electrons. The Hall–Kier alpha value is -1.45. The molecule has 0 unspecified atom stereocenters. The zero-order chi connectivity index (χ0) is 11.6.